The van der Waals surface area contributed by atoms with Crippen molar-refractivity contribution in [1.82, 2.24) is 0 Å². The lowest BCUT2D eigenvalue weighted by Gasteiger charge is -2.21. The second kappa shape index (κ2) is 5.45. The van der Waals surface area contributed by atoms with Crippen molar-refractivity contribution in [3.05, 3.63) is 0 Å². The first-order valence-corrected chi connectivity index (χ1v) is 8.38. The Hall–Kier alpha value is 0.570. The molecule has 0 aliphatic rings. The van der Waals surface area contributed by atoms with Gasteiger partial charge in [0, 0.05) is 5.41 Å². The van der Waals surface area contributed by atoms with Crippen LogP contribution in [0, 0.1) is 5.41 Å². The average molecular weight is 224 g/mol. The maximum Gasteiger partial charge on any atom is 0.0539 e. The van der Waals surface area contributed by atoms with Crippen LogP contribution in [0.3, 0.4) is 0 Å². The molecule has 0 rings (SSSR count). The summed E-state index contributed by atoms with van der Waals surface area (Å²) in [5.74, 6) is 0. The summed E-state index contributed by atoms with van der Waals surface area (Å²) in [6.45, 7) is 9.74. The molecule has 0 aromatic carbocycles. The van der Waals surface area contributed by atoms with Crippen LogP contribution in [0.15, 0.2) is 0 Å². The molecule has 0 aliphatic carbocycles. The first-order chi connectivity index (χ1) is 5.77. The molecule has 0 heterocycles. The molecular formula is C9H21O2PS. The molecule has 0 amide bonds. The van der Waals surface area contributed by atoms with Crippen molar-refractivity contribution < 1.29 is 9.84 Å². The fraction of sp³-hybridized carbons (Fsp3) is 1.00. The lowest BCUT2D eigenvalue weighted by atomic mass is 9.97. The van der Waals surface area contributed by atoms with E-state index in [1.807, 2.05) is 13.8 Å². The van der Waals surface area contributed by atoms with E-state index in [9.17, 15) is 0 Å². The molecule has 0 aromatic heterocycles. The number of aliphatic hydroxyl groups is 1. The van der Waals surface area contributed by atoms with Crippen LogP contribution in [0.25, 0.3) is 0 Å². The van der Waals surface area contributed by atoms with Crippen molar-refractivity contribution in [1.29, 1.82) is 0 Å². The summed E-state index contributed by atoms with van der Waals surface area (Å²) in [7, 11) is 0. The van der Waals surface area contributed by atoms with Crippen LogP contribution in [0.2, 0.25) is 0 Å². The van der Waals surface area contributed by atoms with Crippen LogP contribution in [0.5, 0.6) is 0 Å². The van der Waals surface area contributed by atoms with Gasteiger partial charge in [0.2, 0.25) is 0 Å². The SMILES string of the molecule is CC(C)(CO)COCCP(C)(C)=S. The lowest BCUT2D eigenvalue weighted by Crippen LogP contribution is -2.24. The van der Waals surface area contributed by atoms with Gasteiger partial charge in [0.1, 0.15) is 0 Å². The van der Waals surface area contributed by atoms with Gasteiger partial charge in [0.05, 0.1) is 19.8 Å². The minimum Gasteiger partial charge on any atom is -0.396 e. The molecule has 0 aliphatic heterocycles. The first-order valence-electron chi connectivity index (χ1n) is 4.49. The van der Waals surface area contributed by atoms with Gasteiger partial charge in [-0.05, 0) is 25.5 Å². The Morgan fingerprint density at radius 3 is 2.31 bits per heavy atom. The molecule has 0 fully saturated rings. The summed E-state index contributed by atoms with van der Waals surface area (Å²) in [5.41, 5.74) is -0.121. The van der Waals surface area contributed by atoms with Crippen molar-refractivity contribution in [2.24, 2.45) is 5.41 Å². The standard InChI is InChI=1S/C9H21O2PS/c1-9(2,7-10)8-11-5-6-12(3,4)13/h10H,5-8H2,1-4H3. The Morgan fingerprint density at radius 2 is 1.92 bits per heavy atom. The normalized spacial score (nSPS) is 13.3. The monoisotopic (exact) mass is 224 g/mol. The predicted octanol–water partition coefficient (Wildman–Crippen LogP) is 1.76. The molecule has 0 radical (unpaired) electrons. The molecule has 4 heteroatoms. The highest BCUT2D eigenvalue weighted by Gasteiger charge is 2.16. The molecule has 0 saturated carbocycles. The summed E-state index contributed by atoms with van der Waals surface area (Å²) in [6, 6.07) is -1.11. The first kappa shape index (κ1) is 13.6. The summed E-state index contributed by atoms with van der Waals surface area (Å²) in [4.78, 5) is 0. The summed E-state index contributed by atoms with van der Waals surface area (Å²) < 4.78 is 5.47. The topological polar surface area (TPSA) is 29.5 Å². The molecule has 1 N–H and O–H groups in total. The maximum absolute atomic E-state index is 8.96. The van der Waals surface area contributed by atoms with Crippen LogP contribution >= 0.6 is 6.04 Å². The lowest BCUT2D eigenvalue weighted by molar-refractivity contribution is 0.0348. The zero-order valence-electron chi connectivity index (χ0n) is 9.04. The van der Waals surface area contributed by atoms with Crippen molar-refractivity contribution in [2.45, 2.75) is 13.8 Å². The van der Waals surface area contributed by atoms with E-state index >= 15 is 0 Å². The van der Waals surface area contributed by atoms with Gasteiger partial charge < -0.3 is 9.84 Å². The summed E-state index contributed by atoms with van der Waals surface area (Å²) in [6.07, 6.45) is 0.990. The van der Waals surface area contributed by atoms with E-state index in [1.165, 1.54) is 0 Å². The molecule has 13 heavy (non-hydrogen) atoms. The Labute approximate surface area is 86.7 Å². The zero-order chi connectivity index (χ0) is 10.5. The average Bonchev–Trinajstić information content (AvgIpc) is 1.97. The van der Waals surface area contributed by atoms with Gasteiger partial charge in [-0.3, -0.25) is 0 Å². The van der Waals surface area contributed by atoms with Crippen LogP contribution in [0.1, 0.15) is 13.8 Å². The number of rotatable bonds is 6. The third kappa shape index (κ3) is 8.89. The predicted molar refractivity (Wildman–Crippen MR) is 62.7 cm³/mol. The van der Waals surface area contributed by atoms with Crippen LogP contribution in [0.4, 0.5) is 0 Å². The molecule has 0 saturated heterocycles. The van der Waals surface area contributed by atoms with Gasteiger partial charge >= 0.3 is 0 Å². The van der Waals surface area contributed by atoms with Crippen molar-refractivity contribution >= 4 is 17.8 Å². The van der Waals surface area contributed by atoms with Gasteiger partial charge in [-0.15, -0.1) is 0 Å². The van der Waals surface area contributed by atoms with Crippen molar-refractivity contribution in [3.8, 4) is 0 Å². The van der Waals surface area contributed by atoms with Crippen LogP contribution < -0.4 is 0 Å². The van der Waals surface area contributed by atoms with Crippen molar-refractivity contribution in [3.63, 3.8) is 0 Å². The smallest absolute Gasteiger partial charge is 0.0539 e. The Balaban J connectivity index is 3.52. The Morgan fingerprint density at radius 1 is 1.38 bits per heavy atom. The Bertz CT molecular complexity index is 186. The fourth-order valence-electron chi connectivity index (χ4n) is 0.678. The highest BCUT2D eigenvalue weighted by atomic mass is 32.4. The maximum atomic E-state index is 8.96. The van der Waals surface area contributed by atoms with Gasteiger partial charge in [-0.25, -0.2) is 0 Å². The molecular weight excluding hydrogens is 203 g/mol. The fourth-order valence-corrected chi connectivity index (χ4v) is 1.47. The minimum absolute atomic E-state index is 0.121. The summed E-state index contributed by atoms with van der Waals surface area (Å²) in [5, 5.41) is 8.96. The third-order valence-electron chi connectivity index (χ3n) is 1.69. The van der Waals surface area contributed by atoms with Gasteiger partial charge in [-0.1, -0.05) is 25.7 Å². The molecule has 0 spiro atoms. The minimum atomic E-state index is -1.11. The number of ether oxygens (including phenoxy) is 1. The molecule has 0 aromatic rings. The van der Waals surface area contributed by atoms with E-state index in [2.05, 4.69) is 13.3 Å². The van der Waals surface area contributed by atoms with E-state index in [0.29, 0.717) is 6.61 Å². The van der Waals surface area contributed by atoms with Gasteiger partial charge in [0.25, 0.3) is 0 Å². The van der Waals surface area contributed by atoms with E-state index in [0.717, 1.165) is 12.8 Å². The Kier molecular flexibility index (Phi) is 5.69. The zero-order valence-corrected chi connectivity index (χ0v) is 10.8. The van der Waals surface area contributed by atoms with E-state index in [-0.39, 0.29) is 12.0 Å². The molecule has 0 bridgehead atoms. The van der Waals surface area contributed by atoms with Crippen molar-refractivity contribution in [2.75, 3.05) is 39.3 Å². The second-order valence-electron chi connectivity index (χ2n) is 4.67. The number of hydrogen-bond donors (Lipinski definition) is 1. The largest absolute Gasteiger partial charge is 0.396 e. The third-order valence-corrected chi connectivity index (χ3v) is 3.50. The van der Waals surface area contributed by atoms with Gasteiger partial charge in [-0.2, -0.15) is 0 Å². The quantitative estimate of drug-likeness (QED) is 0.550. The highest BCUT2D eigenvalue weighted by molar-refractivity contribution is 8.14. The number of aliphatic hydroxyl groups excluding tert-OH is 1. The van der Waals surface area contributed by atoms with E-state index in [1.54, 1.807) is 0 Å². The molecule has 80 valence electrons. The van der Waals surface area contributed by atoms with E-state index in [4.69, 9.17) is 21.7 Å². The van der Waals surface area contributed by atoms with Crippen LogP contribution in [-0.2, 0) is 16.5 Å². The molecule has 2 nitrogen and oxygen atoms in total. The highest BCUT2D eigenvalue weighted by Crippen LogP contribution is 2.35. The molecule has 0 unspecified atom stereocenters. The van der Waals surface area contributed by atoms with Crippen LogP contribution in [-0.4, -0.2) is 44.4 Å². The van der Waals surface area contributed by atoms with Gasteiger partial charge in [0.15, 0.2) is 0 Å². The number of hydrogen-bond acceptors (Lipinski definition) is 3. The second-order valence-corrected chi connectivity index (χ2v) is 11.2. The summed E-state index contributed by atoms with van der Waals surface area (Å²) >= 11 is 5.30. The van der Waals surface area contributed by atoms with E-state index < -0.39 is 6.04 Å². The molecule has 0 atom stereocenters.